The third-order valence-electron chi connectivity index (χ3n) is 5.18. The predicted molar refractivity (Wildman–Crippen MR) is 93.2 cm³/mol. The van der Waals surface area contributed by atoms with Gasteiger partial charge in [0.1, 0.15) is 0 Å². The molecule has 0 bridgehead atoms. The van der Waals surface area contributed by atoms with Crippen LogP contribution in [0.25, 0.3) is 0 Å². The first-order valence-electron chi connectivity index (χ1n) is 8.92. The zero-order valence-electron chi connectivity index (χ0n) is 15.0. The van der Waals surface area contributed by atoms with Gasteiger partial charge < -0.3 is 19.9 Å². The van der Waals surface area contributed by atoms with E-state index in [1.54, 1.807) is 0 Å². The van der Waals surface area contributed by atoms with Crippen molar-refractivity contribution in [2.24, 2.45) is 7.05 Å². The summed E-state index contributed by atoms with van der Waals surface area (Å²) in [5, 5.41) is 7.46. The third kappa shape index (κ3) is 3.83. The number of carbonyl (C=O) groups is 1. The zero-order valence-corrected chi connectivity index (χ0v) is 15.0. The number of piperidine rings is 1. The maximum absolute atomic E-state index is 12.6. The first-order valence-corrected chi connectivity index (χ1v) is 8.92. The van der Waals surface area contributed by atoms with Gasteiger partial charge in [-0.3, -0.25) is 4.68 Å². The summed E-state index contributed by atoms with van der Waals surface area (Å²) in [6, 6.07) is 0.221. The Morgan fingerprint density at radius 2 is 2.33 bits per heavy atom. The van der Waals surface area contributed by atoms with Crippen molar-refractivity contribution in [1.82, 2.24) is 20.0 Å². The summed E-state index contributed by atoms with van der Waals surface area (Å²) in [7, 11) is 1.93. The van der Waals surface area contributed by atoms with Gasteiger partial charge >= 0.3 is 6.03 Å². The molecule has 2 atom stereocenters. The summed E-state index contributed by atoms with van der Waals surface area (Å²) in [5.41, 5.74) is 0.908. The molecule has 2 saturated heterocycles. The van der Waals surface area contributed by atoms with E-state index in [4.69, 9.17) is 4.74 Å². The molecule has 2 aliphatic rings. The summed E-state index contributed by atoms with van der Waals surface area (Å²) >= 11 is 0. The van der Waals surface area contributed by atoms with Gasteiger partial charge in [0, 0.05) is 38.9 Å². The Morgan fingerprint density at radius 1 is 1.50 bits per heavy atom. The molecule has 0 saturated carbocycles. The van der Waals surface area contributed by atoms with E-state index in [0.29, 0.717) is 19.7 Å². The number of aryl methyl sites for hydroxylation is 1. The highest BCUT2D eigenvalue weighted by molar-refractivity contribution is 5.75. The fourth-order valence-corrected chi connectivity index (χ4v) is 3.48. The summed E-state index contributed by atoms with van der Waals surface area (Å²) < 4.78 is 7.64. The fraction of sp³-hybridized carbons (Fsp3) is 0.765. The van der Waals surface area contributed by atoms with Crippen LogP contribution in [0.15, 0.2) is 12.4 Å². The Hall–Kier alpha value is -1.76. The molecule has 134 valence electrons. The van der Waals surface area contributed by atoms with Crippen LogP contribution in [0.3, 0.4) is 0 Å². The number of anilines is 1. The molecule has 3 rings (SSSR count). The van der Waals surface area contributed by atoms with Gasteiger partial charge in [-0.25, -0.2) is 4.79 Å². The summed E-state index contributed by atoms with van der Waals surface area (Å²) in [6.45, 7) is 7.99. The van der Waals surface area contributed by atoms with Crippen molar-refractivity contribution in [2.75, 3.05) is 37.7 Å². The maximum Gasteiger partial charge on any atom is 0.317 e. The molecule has 2 amide bonds. The molecule has 3 heterocycles. The van der Waals surface area contributed by atoms with E-state index in [-0.39, 0.29) is 17.7 Å². The number of ether oxygens (including phenoxy) is 1. The number of hydrogen-bond donors (Lipinski definition) is 1. The molecule has 0 spiro atoms. The van der Waals surface area contributed by atoms with Crippen molar-refractivity contribution >= 4 is 11.7 Å². The van der Waals surface area contributed by atoms with Gasteiger partial charge in [0.15, 0.2) is 0 Å². The normalized spacial score (nSPS) is 28.0. The van der Waals surface area contributed by atoms with Crippen molar-refractivity contribution in [1.29, 1.82) is 0 Å². The molecule has 1 N–H and O–H groups in total. The highest BCUT2D eigenvalue weighted by Crippen LogP contribution is 2.22. The van der Waals surface area contributed by atoms with E-state index in [1.807, 2.05) is 29.0 Å². The average Bonchev–Trinajstić information content (AvgIpc) is 3.02. The standard InChI is InChI=1S/C17H29N5O2/c1-4-17(2)13-22(8-9-24-17)16(23)19-14-6-5-7-21(11-14)15-10-18-20(3)12-15/h10,12,14H,4-9,11,13H2,1-3H3,(H,19,23)/t14-,17-/m0/s1. The van der Waals surface area contributed by atoms with Gasteiger partial charge in [-0.1, -0.05) is 6.92 Å². The van der Waals surface area contributed by atoms with Crippen LogP contribution in [0.5, 0.6) is 0 Å². The van der Waals surface area contributed by atoms with Crippen molar-refractivity contribution in [3.63, 3.8) is 0 Å². The van der Waals surface area contributed by atoms with Crippen LogP contribution in [-0.4, -0.2) is 65.1 Å². The van der Waals surface area contributed by atoms with Crippen LogP contribution >= 0.6 is 0 Å². The van der Waals surface area contributed by atoms with E-state index in [2.05, 4.69) is 29.2 Å². The highest BCUT2D eigenvalue weighted by Gasteiger charge is 2.33. The van der Waals surface area contributed by atoms with Crippen LogP contribution < -0.4 is 10.2 Å². The van der Waals surface area contributed by atoms with Gasteiger partial charge in [0.2, 0.25) is 0 Å². The fourth-order valence-electron chi connectivity index (χ4n) is 3.48. The Labute approximate surface area is 143 Å². The lowest BCUT2D eigenvalue weighted by atomic mass is 10.0. The molecule has 7 nitrogen and oxygen atoms in total. The van der Waals surface area contributed by atoms with E-state index in [9.17, 15) is 4.79 Å². The second kappa shape index (κ2) is 7.01. The van der Waals surface area contributed by atoms with E-state index in [1.165, 1.54) is 0 Å². The van der Waals surface area contributed by atoms with Gasteiger partial charge in [-0.15, -0.1) is 0 Å². The van der Waals surface area contributed by atoms with Gasteiger partial charge in [-0.05, 0) is 26.2 Å². The topological polar surface area (TPSA) is 62.6 Å². The number of hydrogen-bond acceptors (Lipinski definition) is 4. The monoisotopic (exact) mass is 335 g/mol. The Morgan fingerprint density at radius 3 is 3.04 bits per heavy atom. The molecule has 24 heavy (non-hydrogen) atoms. The summed E-state index contributed by atoms with van der Waals surface area (Å²) in [5.74, 6) is 0. The van der Waals surface area contributed by atoms with E-state index >= 15 is 0 Å². The van der Waals surface area contributed by atoms with E-state index < -0.39 is 0 Å². The lowest BCUT2D eigenvalue weighted by Gasteiger charge is -2.41. The number of amides is 2. The van der Waals surface area contributed by atoms with Crippen molar-refractivity contribution in [3.8, 4) is 0 Å². The van der Waals surface area contributed by atoms with Crippen LogP contribution in [-0.2, 0) is 11.8 Å². The van der Waals surface area contributed by atoms with Gasteiger partial charge in [0.05, 0.1) is 30.6 Å². The molecule has 0 aromatic carbocycles. The molecular weight excluding hydrogens is 306 g/mol. The summed E-state index contributed by atoms with van der Waals surface area (Å²) in [4.78, 5) is 16.8. The molecule has 7 heteroatoms. The number of aromatic nitrogens is 2. The Balaban J connectivity index is 1.56. The number of morpholine rings is 1. The molecule has 1 aromatic rings. The number of nitrogens with one attached hydrogen (secondary N) is 1. The Kier molecular flexibility index (Phi) is 4.99. The molecule has 1 aromatic heterocycles. The average molecular weight is 335 g/mol. The highest BCUT2D eigenvalue weighted by atomic mass is 16.5. The molecule has 0 radical (unpaired) electrons. The second-order valence-electron chi connectivity index (χ2n) is 7.18. The minimum absolute atomic E-state index is 0.0380. The molecule has 2 fully saturated rings. The van der Waals surface area contributed by atoms with Crippen molar-refractivity contribution in [2.45, 2.75) is 44.8 Å². The second-order valence-corrected chi connectivity index (χ2v) is 7.18. The minimum atomic E-state index is -0.218. The van der Waals surface area contributed by atoms with Gasteiger partial charge in [-0.2, -0.15) is 5.10 Å². The smallest absolute Gasteiger partial charge is 0.317 e. The van der Waals surface area contributed by atoms with Crippen molar-refractivity contribution < 1.29 is 9.53 Å². The predicted octanol–water partition coefficient (Wildman–Crippen LogP) is 1.60. The number of nitrogens with zero attached hydrogens (tertiary/aromatic N) is 4. The number of carbonyl (C=O) groups excluding carboxylic acids is 1. The first kappa shape index (κ1) is 17.1. The maximum atomic E-state index is 12.6. The number of urea groups is 1. The molecule has 0 aliphatic carbocycles. The van der Waals surface area contributed by atoms with Gasteiger partial charge in [0.25, 0.3) is 0 Å². The van der Waals surface area contributed by atoms with Crippen molar-refractivity contribution in [3.05, 3.63) is 12.4 Å². The lowest BCUT2D eigenvalue weighted by molar-refractivity contribution is -0.0874. The SMILES string of the molecule is CC[C@@]1(C)CN(C(=O)N[C@H]2CCCN(c3cnn(C)c3)C2)CCO1. The molecule has 0 unspecified atom stereocenters. The third-order valence-corrected chi connectivity index (χ3v) is 5.18. The quantitative estimate of drug-likeness (QED) is 0.911. The molecule has 2 aliphatic heterocycles. The van der Waals surface area contributed by atoms with Crippen LogP contribution in [0.4, 0.5) is 10.5 Å². The largest absolute Gasteiger partial charge is 0.372 e. The first-order chi connectivity index (χ1) is 11.5. The van der Waals surface area contributed by atoms with E-state index in [0.717, 1.165) is 38.0 Å². The van der Waals surface area contributed by atoms with Crippen LogP contribution in [0, 0.1) is 0 Å². The lowest BCUT2D eigenvalue weighted by Crippen LogP contribution is -2.57. The Bertz CT molecular complexity index is 575. The molecular formula is C17H29N5O2. The van der Waals surface area contributed by atoms with Crippen LogP contribution in [0.2, 0.25) is 0 Å². The summed E-state index contributed by atoms with van der Waals surface area (Å²) in [6.07, 6.45) is 6.93. The van der Waals surface area contributed by atoms with Crippen LogP contribution in [0.1, 0.15) is 33.1 Å². The zero-order chi connectivity index (χ0) is 17.2. The number of rotatable bonds is 3. The minimum Gasteiger partial charge on any atom is -0.372 e.